The average molecular weight is 465 g/mol. The third-order valence-electron chi connectivity index (χ3n) is 6.51. The minimum atomic E-state index is -0.380. The Balaban J connectivity index is 1.64. The van der Waals surface area contributed by atoms with Crippen molar-refractivity contribution in [3.63, 3.8) is 0 Å². The summed E-state index contributed by atoms with van der Waals surface area (Å²) in [5, 5.41) is 8.11. The van der Waals surface area contributed by atoms with E-state index < -0.39 is 0 Å². The molecule has 3 heterocycles. The summed E-state index contributed by atoms with van der Waals surface area (Å²) < 4.78 is 15.5. The molecule has 5 aromatic rings. The molecule has 1 aliphatic rings. The van der Waals surface area contributed by atoms with Crippen LogP contribution in [0.5, 0.6) is 17.4 Å². The Morgan fingerprint density at radius 1 is 0.886 bits per heavy atom. The van der Waals surface area contributed by atoms with Crippen LogP contribution in [0.25, 0.3) is 11.4 Å². The molecule has 0 spiro atoms. The van der Waals surface area contributed by atoms with Gasteiger partial charge in [0.2, 0.25) is 5.88 Å². The predicted molar refractivity (Wildman–Crippen MR) is 133 cm³/mol. The fraction of sp³-hybridized carbons (Fsp3) is 0.143. The number of fused-ring (bicyclic) bond motifs is 2. The minimum Gasteiger partial charge on any atom is -0.493 e. The van der Waals surface area contributed by atoms with Crippen LogP contribution in [0.4, 0.5) is 0 Å². The summed E-state index contributed by atoms with van der Waals surface area (Å²) in [4.78, 5) is 13.9. The summed E-state index contributed by atoms with van der Waals surface area (Å²) in [5.74, 6) is 1.40. The second-order valence-corrected chi connectivity index (χ2v) is 8.59. The van der Waals surface area contributed by atoms with Crippen LogP contribution in [0.15, 0.2) is 83.7 Å². The number of hydrogen-bond donors (Lipinski definition) is 1. The number of nitrogens with one attached hydrogen (secondary N) is 1. The fourth-order valence-electron chi connectivity index (χ4n) is 4.93. The molecule has 7 nitrogen and oxygen atoms in total. The summed E-state index contributed by atoms with van der Waals surface area (Å²) in [5.41, 5.74) is 5.53. The van der Waals surface area contributed by atoms with E-state index in [1.165, 1.54) is 0 Å². The lowest BCUT2D eigenvalue weighted by molar-refractivity contribution is 0.358. The SMILES string of the molecule is COc1cccc2c1Oc1c(c(C)nn1-c1ccccc1)C2c1c(C)[nH]n(-c2ccccc2)c1=O. The summed E-state index contributed by atoms with van der Waals surface area (Å²) in [6.45, 7) is 3.89. The quantitative estimate of drug-likeness (QED) is 0.386. The van der Waals surface area contributed by atoms with Crippen molar-refractivity contribution in [1.82, 2.24) is 19.6 Å². The first-order valence-electron chi connectivity index (χ1n) is 11.4. The number of ether oxygens (including phenoxy) is 2. The van der Waals surface area contributed by atoms with E-state index in [0.717, 1.165) is 33.9 Å². The molecule has 0 bridgehead atoms. The van der Waals surface area contributed by atoms with Crippen molar-refractivity contribution in [2.24, 2.45) is 0 Å². The smallest absolute Gasteiger partial charge is 0.275 e. The molecular formula is C28H24N4O3. The van der Waals surface area contributed by atoms with Crippen molar-refractivity contribution >= 4 is 0 Å². The van der Waals surface area contributed by atoms with Gasteiger partial charge in [-0.05, 0) is 44.2 Å². The van der Waals surface area contributed by atoms with Gasteiger partial charge in [-0.3, -0.25) is 9.89 Å². The molecule has 7 heteroatoms. The largest absolute Gasteiger partial charge is 0.493 e. The van der Waals surface area contributed by atoms with Gasteiger partial charge in [0.05, 0.1) is 41.2 Å². The van der Waals surface area contributed by atoms with E-state index in [0.29, 0.717) is 22.9 Å². The lowest BCUT2D eigenvalue weighted by atomic mass is 9.83. The van der Waals surface area contributed by atoms with Gasteiger partial charge in [0.1, 0.15) is 0 Å². The van der Waals surface area contributed by atoms with Gasteiger partial charge in [-0.2, -0.15) is 5.10 Å². The number of H-pyrrole nitrogens is 1. The zero-order chi connectivity index (χ0) is 24.1. The third-order valence-corrected chi connectivity index (χ3v) is 6.51. The number of benzene rings is 3. The van der Waals surface area contributed by atoms with Crippen LogP contribution < -0.4 is 15.0 Å². The average Bonchev–Trinajstić information content (AvgIpc) is 3.38. The Morgan fingerprint density at radius 2 is 1.57 bits per heavy atom. The summed E-state index contributed by atoms with van der Waals surface area (Å²) in [6, 6.07) is 25.2. The van der Waals surface area contributed by atoms with E-state index in [4.69, 9.17) is 14.6 Å². The third kappa shape index (κ3) is 3.19. The van der Waals surface area contributed by atoms with Crippen LogP contribution in [-0.2, 0) is 0 Å². The van der Waals surface area contributed by atoms with Crippen molar-refractivity contribution in [3.05, 3.63) is 117 Å². The first kappa shape index (κ1) is 21.0. The molecule has 0 saturated heterocycles. The predicted octanol–water partition coefficient (Wildman–Crippen LogP) is 5.26. The number of nitrogens with zero attached hydrogens (tertiary/aromatic N) is 3. The van der Waals surface area contributed by atoms with Crippen LogP contribution in [0.1, 0.15) is 34.0 Å². The summed E-state index contributed by atoms with van der Waals surface area (Å²) >= 11 is 0. The lowest BCUT2D eigenvalue weighted by Crippen LogP contribution is -2.23. The maximum atomic E-state index is 13.9. The molecule has 3 aromatic carbocycles. The Bertz CT molecular complexity index is 1600. The number of rotatable bonds is 4. The van der Waals surface area contributed by atoms with Crippen LogP contribution in [0.2, 0.25) is 0 Å². The molecule has 1 unspecified atom stereocenters. The molecule has 0 fully saturated rings. The summed E-state index contributed by atoms with van der Waals surface area (Å²) in [6.07, 6.45) is 0. The number of methoxy groups -OCH3 is 1. The normalized spacial score (nSPS) is 14.2. The van der Waals surface area contributed by atoms with E-state index in [1.54, 1.807) is 16.5 Å². The Morgan fingerprint density at radius 3 is 2.26 bits per heavy atom. The Hall–Kier alpha value is -4.52. The van der Waals surface area contributed by atoms with Crippen molar-refractivity contribution in [2.45, 2.75) is 19.8 Å². The highest BCUT2D eigenvalue weighted by Gasteiger charge is 2.39. The van der Waals surface area contributed by atoms with Crippen molar-refractivity contribution in [3.8, 4) is 28.8 Å². The molecule has 6 rings (SSSR count). The highest BCUT2D eigenvalue weighted by atomic mass is 16.5. The number of hydrogen-bond acceptors (Lipinski definition) is 4. The lowest BCUT2D eigenvalue weighted by Gasteiger charge is -2.27. The molecule has 1 N–H and O–H groups in total. The van der Waals surface area contributed by atoms with Crippen LogP contribution in [-0.4, -0.2) is 26.7 Å². The van der Waals surface area contributed by atoms with Gasteiger partial charge in [0.25, 0.3) is 5.56 Å². The minimum absolute atomic E-state index is 0.104. The molecule has 174 valence electrons. The first-order chi connectivity index (χ1) is 17.1. The second kappa shape index (κ2) is 8.06. The second-order valence-electron chi connectivity index (χ2n) is 8.59. The van der Waals surface area contributed by atoms with Gasteiger partial charge in [0, 0.05) is 11.3 Å². The molecular weight excluding hydrogens is 440 g/mol. The van der Waals surface area contributed by atoms with Gasteiger partial charge in [-0.1, -0.05) is 48.5 Å². The number of para-hydroxylation sites is 3. The Kier molecular flexibility index (Phi) is 4.84. The highest BCUT2D eigenvalue weighted by Crippen LogP contribution is 2.52. The summed E-state index contributed by atoms with van der Waals surface area (Å²) in [7, 11) is 1.62. The molecule has 0 radical (unpaired) electrons. The molecule has 0 amide bonds. The topological polar surface area (TPSA) is 74.1 Å². The van der Waals surface area contributed by atoms with Crippen LogP contribution in [0, 0.1) is 13.8 Å². The number of aromatic nitrogens is 4. The molecule has 35 heavy (non-hydrogen) atoms. The van der Waals surface area contributed by atoms with E-state index in [-0.39, 0.29) is 11.5 Å². The van der Waals surface area contributed by atoms with Crippen LogP contribution in [0.3, 0.4) is 0 Å². The van der Waals surface area contributed by atoms with Gasteiger partial charge >= 0.3 is 0 Å². The number of aryl methyl sites for hydroxylation is 2. The van der Waals surface area contributed by atoms with E-state index in [2.05, 4.69) is 5.10 Å². The molecule has 0 saturated carbocycles. The molecule has 0 aliphatic carbocycles. The number of aromatic amines is 1. The molecule has 2 aromatic heterocycles. The van der Waals surface area contributed by atoms with Gasteiger partial charge in [-0.25, -0.2) is 9.36 Å². The van der Waals surface area contributed by atoms with Crippen molar-refractivity contribution in [2.75, 3.05) is 7.11 Å². The monoisotopic (exact) mass is 464 g/mol. The Labute approximate surface area is 202 Å². The fourth-order valence-corrected chi connectivity index (χ4v) is 4.93. The van der Waals surface area contributed by atoms with Crippen molar-refractivity contribution in [1.29, 1.82) is 0 Å². The standard InChI is InChI=1S/C28H24N4O3/c1-17-23(27(33)31(29-17)19-11-6-4-7-12-19)25-21-15-10-16-22(34-3)26(21)35-28-24(25)18(2)30-32(28)20-13-8-5-9-14-20/h4-16,25,29H,1-3H3. The zero-order valence-electron chi connectivity index (χ0n) is 19.6. The highest BCUT2D eigenvalue weighted by molar-refractivity contribution is 5.63. The van der Waals surface area contributed by atoms with Crippen LogP contribution >= 0.6 is 0 Å². The molecule has 1 atom stereocenters. The maximum absolute atomic E-state index is 13.9. The van der Waals surface area contributed by atoms with E-state index in [1.807, 2.05) is 92.7 Å². The van der Waals surface area contributed by atoms with E-state index >= 15 is 0 Å². The van der Waals surface area contributed by atoms with Gasteiger partial charge in [-0.15, -0.1) is 0 Å². The first-order valence-corrected chi connectivity index (χ1v) is 11.4. The van der Waals surface area contributed by atoms with Gasteiger partial charge < -0.3 is 9.47 Å². The van der Waals surface area contributed by atoms with Gasteiger partial charge in [0.15, 0.2) is 11.5 Å². The molecule has 1 aliphatic heterocycles. The zero-order valence-corrected chi connectivity index (χ0v) is 19.6. The maximum Gasteiger partial charge on any atom is 0.275 e. The van der Waals surface area contributed by atoms with Crippen molar-refractivity contribution < 1.29 is 9.47 Å². The van der Waals surface area contributed by atoms with E-state index in [9.17, 15) is 4.79 Å².